The SMILES string of the molecule is NS(=O)(=O)c1ccc2nc(-c3ccc(CN4CCC(n5c(=O)[nH]c6ccccc65)CC4)cc3)c(-c3ccccc3)nc2c1. The Kier molecular flexibility index (Phi) is 6.89. The molecule has 6 aromatic rings. The molecule has 9 nitrogen and oxygen atoms in total. The summed E-state index contributed by atoms with van der Waals surface area (Å²) in [5.41, 5.74) is 7.26. The minimum absolute atomic E-state index is 0.00274. The number of hydrogen-bond donors (Lipinski definition) is 2. The molecular weight excluding hydrogens is 560 g/mol. The average Bonchev–Trinajstić information content (AvgIpc) is 3.36. The highest BCUT2D eigenvalue weighted by atomic mass is 32.2. The number of imidazole rings is 1. The highest BCUT2D eigenvalue weighted by Crippen LogP contribution is 2.32. The molecule has 1 aliphatic heterocycles. The molecule has 0 aliphatic carbocycles. The average molecular weight is 591 g/mol. The minimum atomic E-state index is -3.86. The summed E-state index contributed by atoms with van der Waals surface area (Å²) >= 11 is 0. The summed E-state index contributed by atoms with van der Waals surface area (Å²) in [7, 11) is -3.86. The zero-order chi connectivity index (χ0) is 29.6. The van der Waals surface area contributed by atoms with E-state index in [2.05, 4.69) is 34.1 Å². The molecule has 10 heteroatoms. The third kappa shape index (κ3) is 5.36. The monoisotopic (exact) mass is 590 g/mol. The molecule has 1 aliphatic rings. The molecule has 0 amide bonds. The van der Waals surface area contributed by atoms with Crippen LogP contribution in [0.3, 0.4) is 0 Å². The molecule has 0 saturated carbocycles. The van der Waals surface area contributed by atoms with E-state index in [4.69, 9.17) is 15.1 Å². The number of fused-ring (bicyclic) bond motifs is 2. The van der Waals surface area contributed by atoms with E-state index in [0.717, 1.165) is 60.3 Å². The first-order chi connectivity index (χ1) is 20.8. The first-order valence-electron chi connectivity index (χ1n) is 14.2. The second-order valence-electron chi connectivity index (χ2n) is 11.0. The van der Waals surface area contributed by atoms with Crippen LogP contribution in [0.4, 0.5) is 0 Å². The van der Waals surface area contributed by atoms with Crippen molar-refractivity contribution >= 4 is 32.1 Å². The summed E-state index contributed by atoms with van der Waals surface area (Å²) in [6.07, 6.45) is 1.83. The topological polar surface area (TPSA) is 127 Å². The van der Waals surface area contributed by atoms with Gasteiger partial charge in [0.15, 0.2) is 0 Å². The van der Waals surface area contributed by atoms with Gasteiger partial charge in [-0.25, -0.2) is 28.3 Å². The maximum atomic E-state index is 12.7. The van der Waals surface area contributed by atoms with Crippen molar-refractivity contribution < 1.29 is 8.42 Å². The van der Waals surface area contributed by atoms with Crippen molar-refractivity contribution in [1.29, 1.82) is 0 Å². The number of hydrogen-bond acceptors (Lipinski definition) is 6. The number of para-hydroxylation sites is 2. The van der Waals surface area contributed by atoms with Crippen molar-refractivity contribution in [2.45, 2.75) is 30.3 Å². The van der Waals surface area contributed by atoms with E-state index in [1.807, 2.05) is 59.2 Å². The zero-order valence-electron chi connectivity index (χ0n) is 23.3. The van der Waals surface area contributed by atoms with Gasteiger partial charge in [-0.2, -0.15) is 0 Å². The van der Waals surface area contributed by atoms with Crippen LogP contribution in [0.5, 0.6) is 0 Å². The van der Waals surface area contributed by atoms with Crippen LogP contribution in [0.1, 0.15) is 24.4 Å². The number of nitrogens with two attached hydrogens (primary N) is 1. The Bertz CT molecular complexity index is 2110. The fraction of sp³-hybridized carbons (Fsp3) is 0.182. The largest absolute Gasteiger partial charge is 0.326 e. The molecule has 0 unspecified atom stereocenters. The van der Waals surface area contributed by atoms with Gasteiger partial charge in [0.1, 0.15) is 0 Å². The summed E-state index contributed by atoms with van der Waals surface area (Å²) < 4.78 is 25.8. The molecule has 0 spiro atoms. The standard InChI is InChI=1S/C33H30N6O3S/c34-43(41,42)26-14-15-27-29(20-26)36-31(23-6-2-1-3-7-23)32(35-27)24-12-10-22(11-13-24)21-38-18-16-25(17-19-38)39-30-9-5-4-8-28(30)37-33(39)40/h1-15,20,25H,16-19,21H2,(H,37,40)(H2,34,41,42). The normalized spacial score (nSPS) is 14.9. The van der Waals surface area contributed by atoms with E-state index < -0.39 is 10.0 Å². The summed E-state index contributed by atoms with van der Waals surface area (Å²) in [5.74, 6) is 0. The van der Waals surface area contributed by atoms with E-state index in [1.165, 1.54) is 17.7 Å². The predicted molar refractivity (Wildman–Crippen MR) is 168 cm³/mol. The minimum Gasteiger partial charge on any atom is -0.306 e. The third-order valence-electron chi connectivity index (χ3n) is 8.19. The highest BCUT2D eigenvalue weighted by Gasteiger charge is 2.24. The van der Waals surface area contributed by atoms with Gasteiger partial charge in [0, 0.05) is 36.8 Å². The van der Waals surface area contributed by atoms with Crippen LogP contribution in [-0.2, 0) is 16.6 Å². The van der Waals surface area contributed by atoms with Gasteiger partial charge in [0.05, 0.1) is 38.4 Å². The number of nitrogens with one attached hydrogen (secondary N) is 1. The summed E-state index contributed by atoms with van der Waals surface area (Å²) in [4.78, 5) is 27.8. The van der Waals surface area contributed by atoms with Crippen molar-refractivity contribution in [2.24, 2.45) is 5.14 Å². The van der Waals surface area contributed by atoms with Crippen LogP contribution in [0, 0.1) is 0 Å². The molecule has 4 aromatic carbocycles. The molecule has 1 saturated heterocycles. The molecule has 7 rings (SSSR count). The number of piperidine rings is 1. The van der Waals surface area contributed by atoms with E-state index in [9.17, 15) is 13.2 Å². The number of likely N-dealkylation sites (tertiary alicyclic amines) is 1. The van der Waals surface area contributed by atoms with Gasteiger partial charge in [-0.05, 0) is 48.7 Å². The fourth-order valence-corrected chi connectivity index (χ4v) is 6.54. The molecule has 1 fully saturated rings. The van der Waals surface area contributed by atoms with Gasteiger partial charge in [0.25, 0.3) is 0 Å². The van der Waals surface area contributed by atoms with Gasteiger partial charge in [-0.3, -0.25) is 9.47 Å². The predicted octanol–water partition coefficient (Wildman–Crippen LogP) is 5.09. The van der Waals surface area contributed by atoms with Crippen molar-refractivity contribution in [1.82, 2.24) is 24.4 Å². The van der Waals surface area contributed by atoms with Crippen molar-refractivity contribution in [3.63, 3.8) is 0 Å². The molecular formula is C33H30N6O3S. The number of rotatable bonds is 6. The second-order valence-corrected chi connectivity index (χ2v) is 12.6. The Balaban J connectivity index is 1.12. The van der Waals surface area contributed by atoms with Crippen molar-refractivity contribution in [3.05, 3.63) is 113 Å². The van der Waals surface area contributed by atoms with Crippen LogP contribution in [0.15, 0.2) is 107 Å². The smallest absolute Gasteiger partial charge is 0.306 e. The summed E-state index contributed by atoms with van der Waals surface area (Å²) in [5, 5.41) is 5.36. The van der Waals surface area contributed by atoms with E-state index in [1.54, 1.807) is 6.07 Å². The number of sulfonamides is 1. The quantitative estimate of drug-likeness (QED) is 0.278. The second kappa shape index (κ2) is 10.9. The first kappa shape index (κ1) is 27.2. The van der Waals surface area contributed by atoms with Crippen molar-refractivity contribution in [2.75, 3.05) is 13.1 Å². The molecule has 0 atom stereocenters. The lowest BCUT2D eigenvalue weighted by Gasteiger charge is -2.32. The number of aromatic nitrogens is 4. The van der Waals surface area contributed by atoms with Crippen LogP contribution in [0.25, 0.3) is 44.6 Å². The molecule has 43 heavy (non-hydrogen) atoms. The Morgan fingerprint density at radius 3 is 2.16 bits per heavy atom. The van der Waals surface area contributed by atoms with Crippen molar-refractivity contribution in [3.8, 4) is 22.5 Å². The maximum Gasteiger partial charge on any atom is 0.326 e. The Morgan fingerprint density at radius 1 is 0.791 bits per heavy atom. The maximum absolute atomic E-state index is 12.7. The van der Waals surface area contributed by atoms with E-state index >= 15 is 0 Å². The molecule has 0 bridgehead atoms. The lowest BCUT2D eigenvalue weighted by Crippen LogP contribution is -2.36. The number of H-pyrrole nitrogens is 1. The van der Waals surface area contributed by atoms with Gasteiger partial charge in [0.2, 0.25) is 10.0 Å². The van der Waals surface area contributed by atoms with E-state index in [0.29, 0.717) is 16.7 Å². The number of aromatic amines is 1. The van der Waals surface area contributed by atoms with Gasteiger partial charge in [-0.15, -0.1) is 0 Å². The lowest BCUT2D eigenvalue weighted by molar-refractivity contribution is 0.180. The van der Waals surface area contributed by atoms with Gasteiger partial charge in [-0.1, -0.05) is 66.7 Å². The molecule has 3 N–H and O–H groups in total. The number of benzene rings is 4. The zero-order valence-corrected chi connectivity index (χ0v) is 24.2. The Morgan fingerprint density at radius 2 is 1.44 bits per heavy atom. The van der Waals surface area contributed by atoms with Crippen LogP contribution < -0.4 is 10.8 Å². The Hall–Kier alpha value is -4.64. The summed E-state index contributed by atoms with van der Waals surface area (Å²) in [6.45, 7) is 2.64. The molecule has 0 radical (unpaired) electrons. The fourth-order valence-electron chi connectivity index (χ4n) is 6.01. The van der Waals surface area contributed by atoms with Gasteiger partial charge >= 0.3 is 5.69 Å². The Labute approximate surface area is 248 Å². The number of primary sulfonamides is 1. The molecule has 216 valence electrons. The molecule has 3 heterocycles. The van der Waals surface area contributed by atoms with Gasteiger partial charge < -0.3 is 4.98 Å². The highest BCUT2D eigenvalue weighted by molar-refractivity contribution is 7.89. The van der Waals surface area contributed by atoms with Crippen LogP contribution >= 0.6 is 0 Å². The molecule has 2 aromatic heterocycles. The van der Waals surface area contributed by atoms with Crippen LogP contribution in [0.2, 0.25) is 0 Å². The number of nitrogens with zero attached hydrogens (tertiary/aromatic N) is 4. The summed E-state index contributed by atoms with van der Waals surface area (Å²) in [6, 6.07) is 30.7. The third-order valence-corrected chi connectivity index (χ3v) is 9.10. The lowest BCUT2D eigenvalue weighted by atomic mass is 10.0. The van der Waals surface area contributed by atoms with E-state index in [-0.39, 0.29) is 16.6 Å². The first-order valence-corrected chi connectivity index (χ1v) is 15.8. The van der Waals surface area contributed by atoms with Crippen LogP contribution in [-0.4, -0.2) is 45.9 Å².